The summed E-state index contributed by atoms with van der Waals surface area (Å²) in [5.41, 5.74) is 0.855. The number of sulfone groups is 1. The van der Waals surface area contributed by atoms with Crippen molar-refractivity contribution in [3.8, 4) is 0 Å². The highest BCUT2D eigenvalue weighted by Crippen LogP contribution is 2.21. The number of benzene rings is 1. The van der Waals surface area contributed by atoms with E-state index in [1.54, 1.807) is 6.08 Å². The Kier molecular flexibility index (Phi) is 5.62. The fraction of sp³-hybridized carbons (Fsp3) is 0.529. The predicted molar refractivity (Wildman–Crippen MR) is 99.2 cm³/mol. The van der Waals surface area contributed by atoms with Crippen LogP contribution < -0.4 is 0 Å². The summed E-state index contributed by atoms with van der Waals surface area (Å²) >= 11 is 0. The van der Waals surface area contributed by atoms with Crippen molar-refractivity contribution in [2.45, 2.75) is 18.9 Å². The fourth-order valence-corrected chi connectivity index (χ4v) is 6.02. The quantitative estimate of drug-likeness (QED) is 0.779. The SMILES string of the molecule is O=S1(=O)CCC(N2CCN(S(=O)(=O)/C=C/c3ccccc3)CC2)CC1. The molecule has 8 heteroatoms. The molecule has 0 spiro atoms. The summed E-state index contributed by atoms with van der Waals surface area (Å²) in [7, 11) is -6.29. The molecule has 6 nitrogen and oxygen atoms in total. The van der Waals surface area contributed by atoms with E-state index in [9.17, 15) is 16.8 Å². The summed E-state index contributed by atoms with van der Waals surface area (Å²) in [6.45, 7) is 2.21. The molecule has 0 aromatic heterocycles. The number of hydrogen-bond acceptors (Lipinski definition) is 5. The van der Waals surface area contributed by atoms with Gasteiger partial charge in [-0.3, -0.25) is 4.90 Å². The van der Waals surface area contributed by atoms with Gasteiger partial charge in [-0.2, -0.15) is 4.31 Å². The lowest BCUT2D eigenvalue weighted by Gasteiger charge is -2.39. The average Bonchev–Trinajstić information content (AvgIpc) is 2.61. The van der Waals surface area contributed by atoms with Gasteiger partial charge in [0.05, 0.1) is 11.5 Å². The Morgan fingerprint density at radius 3 is 2.16 bits per heavy atom. The van der Waals surface area contributed by atoms with Crippen LogP contribution in [0.15, 0.2) is 35.7 Å². The molecular formula is C17H24N2O4S2. The first-order valence-corrected chi connectivity index (χ1v) is 11.9. The first-order valence-electron chi connectivity index (χ1n) is 8.53. The molecule has 2 fully saturated rings. The molecule has 2 saturated heterocycles. The summed E-state index contributed by atoms with van der Waals surface area (Å²) in [5, 5.41) is 1.27. The Bertz CT molecular complexity index is 797. The smallest absolute Gasteiger partial charge is 0.236 e. The molecule has 0 N–H and O–H groups in total. The Morgan fingerprint density at radius 2 is 1.56 bits per heavy atom. The highest BCUT2D eigenvalue weighted by Gasteiger charge is 2.32. The Balaban J connectivity index is 1.55. The largest absolute Gasteiger partial charge is 0.298 e. The van der Waals surface area contributed by atoms with Crippen LogP contribution in [-0.4, -0.2) is 69.8 Å². The van der Waals surface area contributed by atoms with Crippen molar-refractivity contribution < 1.29 is 16.8 Å². The molecule has 138 valence electrons. The molecule has 2 heterocycles. The first kappa shape index (κ1) is 18.6. The van der Waals surface area contributed by atoms with Crippen molar-refractivity contribution in [2.75, 3.05) is 37.7 Å². The van der Waals surface area contributed by atoms with Crippen molar-refractivity contribution in [3.63, 3.8) is 0 Å². The second-order valence-electron chi connectivity index (χ2n) is 6.58. The highest BCUT2D eigenvalue weighted by molar-refractivity contribution is 7.92. The minimum Gasteiger partial charge on any atom is -0.298 e. The Labute approximate surface area is 150 Å². The number of nitrogens with zero attached hydrogens (tertiary/aromatic N) is 2. The minimum atomic E-state index is -3.42. The van der Waals surface area contributed by atoms with Crippen LogP contribution in [0.5, 0.6) is 0 Å². The number of rotatable bonds is 4. The lowest BCUT2D eigenvalue weighted by atomic mass is 10.1. The summed E-state index contributed by atoms with van der Waals surface area (Å²) in [6.07, 6.45) is 2.93. The van der Waals surface area contributed by atoms with Crippen LogP contribution >= 0.6 is 0 Å². The lowest BCUT2D eigenvalue weighted by Crippen LogP contribution is -2.53. The van der Waals surface area contributed by atoms with E-state index in [1.807, 2.05) is 30.3 Å². The third-order valence-electron chi connectivity index (χ3n) is 4.91. The van der Waals surface area contributed by atoms with Gasteiger partial charge in [0.15, 0.2) is 0 Å². The molecule has 0 aliphatic carbocycles. The van der Waals surface area contributed by atoms with Crippen LogP contribution in [0, 0.1) is 0 Å². The summed E-state index contributed by atoms with van der Waals surface area (Å²) in [6, 6.07) is 9.61. The summed E-state index contributed by atoms with van der Waals surface area (Å²) < 4.78 is 49.5. The maximum Gasteiger partial charge on any atom is 0.236 e. The van der Waals surface area contributed by atoms with Gasteiger partial charge in [0.25, 0.3) is 0 Å². The number of sulfonamides is 1. The monoisotopic (exact) mass is 384 g/mol. The van der Waals surface area contributed by atoms with E-state index < -0.39 is 19.9 Å². The topological polar surface area (TPSA) is 74.8 Å². The van der Waals surface area contributed by atoms with E-state index in [2.05, 4.69) is 4.90 Å². The first-order chi connectivity index (χ1) is 11.9. The Hall–Kier alpha value is -1.22. The molecule has 0 atom stereocenters. The van der Waals surface area contributed by atoms with Crippen LogP contribution in [0.3, 0.4) is 0 Å². The van der Waals surface area contributed by atoms with Gasteiger partial charge in [0.2, 0.25) is 10.0 Å². The maximum atomic E-state index is 12.5. The molecular weight excluding hydrogens is 360 g/mol. The molecule has 0 bridgehead atoms. The second-order valence-corrected chi connectivity index (χ2v) is 10.7. The van der Waals surface area contributed by atoms with E-state index >= 15 is 0 Å². The molecule has 1 aromatic rings. The van der Waals surface area contributed by atoms with Crippen LogP contribution in [0.2, 0.25) is 0 Å². The van der Waals surface area contributed by atoms with E-state index in [-0.39, 0.29) is 17.5 Å². The molecule has 0 saturated carbocycles. The van der Waals surface area contributed by atoms with E-state index in [0.29, 0.717) is 39.0 Å². The van der Waals surface area contributed by atoms with Gasteiger partial charge in [0.1, 0.15) is 9.84 Å². The maximum absolute atomic E-state index is 12.5. The van der Waals surface area contributed by atoms with Gasteiger partial charge < -0.3 is 0 Å². The zero-order valence-electron chi connectivity index (χ0n) is 14.1. The molecule has 0 unspecified atom stereocenters. The molecule has 2 aliphatic heterocycles. The third kappa shape index (κ3) is 4.91. The molecule has 0 radical (unpaired) electrons. The lowest BCUT2D eigenvalue weighted by molar-refractivity contribution is 0.130. The highest BCUT2D eigenvalue weighted by atomic mass is 32.2. The second kappa shape index (κ2) is 7.57. The molecule has 0 amide bonds. The van der Waals surface area contributed by atoms with Crippen molar-refractivity contribution in [1.82, 2.24) is 9.21 Å². The zero-order chi connectivity index (χ0) is 17.9. The Morgan fingerprint density at radius 1 is 0.960 bits per heavy atom. The molecule has 1 aromatic carbocycles. The van der Waals surface area contributed by atoms with Crippen LogP contribution in [0.4, 0.5) is 0 Å². The number of hydrogen-bond donors (Lipinski definition) is 0. The fourth-order valence-electron chi connectivity index (χ4n) is 3.38. The van der Waals surface area contributed by atoms with Crippen LogP contribution in [-0.2, 0) is 19.9 Å². The van der Waals surface area contributed by atoms with E-state index in [1.165, 1.54) is 9.71 Å². The van der Waals surface area contributed by atoms with Gasteiger partial charge in [-0.1, -0.05) is 30.3 Å². The number of piperazine rings is 1. The minimum absolute atomic E-state index is 0.246. The van der Waals surface area contributed by atoms with Gasteiger partial charge in [-0.05, 0) is 24.5 Å². The molecule has 2 aliphatic rings. The van der Waals surface area contributed by atoms with E-state index in [0.717, 1.165) is 5.56 Å². The van der Waals surface area contributed by atoms with E-state index in [4.69, 9.17) is 0 Å². The summed E-state index contributed by atoms with van der Waals surface area (Å²) in [4.78, 5) is 2.24. The van der Waals surface area contributed by atoms with Crippen molar-refractivity contribution >= 4 is 25.9 Å². The third-order valence-corrected chi connectivity index (χ3v) is 8.19. The van der Waals surface area contributed by atoms with Gasteiger partial charge in [0, 0.05) is 37.6 Å². The standard InChI is InChI=1S/C17H24N2O4S2/c20-24(21)13-7-17(8-14-24)18-9-11-19(12-10-18)25(22,23)15-6-16-4-2-1-3-5-16/h1-6,15,17H,7-14H2/b15-6+. The molecule has 25 heavy (non-hydrogen) atoms. The normalized spacial score (nSPS) is 23.8. The van der Waals surface area contributed by atoms with Gasteiger partial charge in [-0.25, -0.2) is 16.8 Å². The van der Waals surface area contributed by atoms with Crippen molar-refractivity contribution in [3.05, 3.63) is 41.3 Å². The average molecular weight is 385 g/mol. The zero-order valence-corrected chi connectivity index (χ0v) is 15.8. The summed E-state index contributed by atoms with van der Waals surface area (Å²) in [5.74, 6) is 0.492. The predicted octanol–water partition coefficient (Wildman–Crippen LogP) is 1.18. The molecule has 3 rings (SSSR count). The van der Waals surface area contributed by atoms with Crippen molar-refractivity contribution in [2.24, 2.45) is 0 Å². The van der Waals surface area contributed by atoms with Crippen LogP contribution in [0.1, 0.15) is 18.4 Å². The van der Waals surface area contributed by atoms with Gasteiger partial charge >= 0.3 is 0 Å². The van der Waals surface area contributed by atoms with Crippen LogP contribution in [0.25, 0.3) is 6.08 Å². The van der Waals surface area contributed by atoms with Gasteiger partial charge in [-0.15, -0.1) is 0 Å². The van der Waals surface area contributed by atoms with Crippen molar-refractivity contribution in [1.29, 1.82) is 0 Å².